The standard InChI is InChI=1S/C26H31N5O4/c1-17-23(34-16-28-17)26(33)31-12-8-3-2-7-11-27-24(32)20-14-19(15-21(20)31)25-29-22(30-35-25)13-18-9-5-4-6-10-18/h4-6,9-10,16,19-21H,2-3,7-8,11-15H2,1H3,(H,27,32)/t19-,20-,21+/m1/s1. The van der Waals surface area contributed by atoms with Gasteiger partial charge in [0.05, 0.1) is 11.6 Å². The Hall–Kier alpha value is -3.49. The molecule has 3 heterocycles. The van der Waals surface area contributed by atoms with E-state index in [4.69, 9.17) is 8.94 Å². The second-order valence-electron chi connectivity index (χ2n) is 9.52. The Labute approximate surface area is 204 Å². The molecule has 0 spiro atoms. The summed E-state index contributed by atoms with van der Waals surface area (Å²) in [5, 5.41) is 7.28. The van der Waals surface area contributed by atoms with Gasteiger partial charge in [-0.05, 0) is 38.2 Å². The van der Waals surface area contributed by atoms with Gasteiger partial charge in [-0.3, -0.25) is 9.59 Å². The monoisotopic (exact) mass is 477 g/mol. The highest BCUT2D eigenvalue weighted by atomic mass is 16.5. The van der Waals surface area contributed by atoms with E-state index in [-0.39, 0.29) is 35.5 Å². The molecule has 2 aromatic heterocycles. The average Bonchev–Trinajstić information content (AvgIpc) is 3.60. The van der Waals surface area contributed by atoms with E-state index in [0.717, 1.165) is 31.2 Å². The minimum absolute atomic E-state index is 0.0180. The lowest BCUT2D eigenvalue weighted by atomic mass is 10.00. The summed E-state index contributed by atoms with van der Waals surface area (Å²) in [5.41, 5.74) is 1.66. The van der Waals surface area contributed by atoms with Crippen molar-refractivity contribution >= 4 is 11.8 Å². The van der Waals surface area contributed by atoms with Gasteiger partial charge < -0.3 is 19.2 Å². The summed E-state index contributed by atoms with van der Waals surface area (Å²) in [5.74, 6) is 0.720. The molecule has 1 saturated heterocycles. The third-order valence-electron chi connectivity index (χ3n) is 7.13. The van der Waals surface area contributed by atoms with E-state index >= 15 is 0 Å². The van der Waals surface area contributed by atoms with Crippen LogP contribution in [0, 0.1) is 12.8 Å². The zero-order valence-corrected chi connectivity index (χ0v) is 20.0. The van der Waals surface area contributed by atoms with E-state index in [1.807, 2.05) is 35.2 Å². The van der Waals surface area contributed by atoms with Crippen LogP contribution in [0.4, 0.5) is 0 Å². The smallest absolute Gasteiger partial charge is 0.291 e. The van der Waals surface area contributed by atoms with E-state index in [2.05, 4.69) is 20.4 Å². The van der Waals surface area contributed by atoms with Crippen LogP contribution in [-0.4, -0.2) is 51.0 Å². The number of benzene rings is 1. The van der Waals surface area contributed by atoms with Crippen LogP contribution in [0.15, 0.2) is 45.7 Å². The topological polar surface area (TPSA) is 114 Å². The first-order valence-corrected chi connectivity index (χ1v) is 12.5. The molecule has 1 aliphatic heterocycles. The van der Waals surface area contributed by atoms with Crippen molar-refractivity contribution in [2.75, 3.05) is 13.1 Å². The Bertz CT molecular complexity index is 1160. The van der Waals surface area contributed by atoms with E-state index in [9.17, 15) is 9.59 Å². The second-order valence-corrected chi connectivity index (χ2v) is 9.52. The maximum absolute atomic E-state index is 13.5. The fourth-order valence-electron chi connectivity index (χ4n) is 5.29. The number of carbonyl (C=O) groups excluding carboxylic acids is 2. The molecular formula is C26H31N5O4. The maximum atomic E-state index is 13.5. The maximum Gasteiger partial charge on any atom is 0.291 e. The number of aryl methyl sites for hydroxylation is 1. The molecule has 2 amide bonds. The van der Waals surface area contributed by atoms with Crippen molar-refractivity contribution in [2.24, 2.45) is 5.92 Å². The predicted octanol–water partition coefficient (Wildman–Crippen LogP) is 3.65. The third-order valence-corrected chi connectivity index (χ3v) is 7.13. The lowest BCUT2D eigenvalue weighted by Crippen LogP contribution is -2.47. The van der Waals surface area contributed by atoms with Gasteiger partial charge in [0, 0.05) is 31.5 Å². The number of nitrogens with zero attached hydrogens (tertiary/aromatic N) is 4. The number of hydrogen-bond acceptors (Lipinski definition) is 7. The van der Waals surface area contributed by atoms with Crippen molar-refractivity contribution in [1.82, 2.24) is 25.3 Å². The van der Waals surface area contributed by atoms with Crippen LogP contribution >= 0.6 is 0 Å². The first-order chi connectivity index (χ1) is 17.1. The minimum Gasteiger partial charge on any atom is -0.438 e. The van der Waals surface area contributed by atoms with E-state index in [1.165, 1.54) is 6.39 Å². The summed E-state index contributed by atoms with van der Waals surface area (Å²) in [4.78, 5) is 37.3. The molecule has 0 bridgehead atoms. The van der Waals surface area contributed by atoms with Gasteiger partial charge in [-0.15, -0.1) is 0 Å². The number of fused-ring (bicyclic) bond motifs is 1. The van der Waals surface area contributed by atoms with Gasteiger partial charge in [-0.25, -0.2) is 4.98 Å². The lowest BCUT2D eigenvalue weighted by Gasteiger charge is -2.32. The molecule has 1 saturated carbocycles. The molecule has 1 aromatic carbocycles. The number of amides is 2. The first-order valence-electron chi connectivity index (χ1n) is 12.5. The van der Waals surface area contributed by atoms with Crippen LogP contribution < -0.4 is 5.32 Å². The second kappa shape index (κ2) is 10.4. The summed E-state index contributed by atoms with van der Waals surface area (Å²) in [6.07, 6.45) is 6.86. The number of hydrogen-bond donors (Lipinski definition) is 1. The number of oxazole rings is 1. The largest absolute Gasteiger partial charge is 0.438 e. The van der Waals surface area contributed by atoms with Crippen molar-refractivity contribution in [3.8, 4) is 0 Å². The highest BCUT2D eigenvalue weighted by molar-refractivity contribution is 5.93. The van der Waals surface area contributed by atoms with Gasteiger partial charge in [0.15, 0.2) is 12.2 Å². The highest BCUT2D eigenvalue weighted by Gasteiger charge is 2.46. The van der Waals surface area contributed by atoms with Crippen molar-refractivity contribution in [2.45, 2.75) is 63.8 Å². The van der Waals surface area contributed by atoms with Gasteiger partial charge >= 0.3 is 0 Å². The normalized spacial score (nSPS) is 23.4. The van der Waals surface area contributed by atoms with Gasteiger partial charge in [0.1, 0.15) is 0 Å². The number of nitrogens with one attached hydrogen (secondary N) is 1. The Kier molecular flexibility index (Phi) is 6.92. The summed E-state index contributed by atoms with van der Waals surface area (Å²) >= 11 is 0. The molecule has 1 aliphatic carbocycles. The fraction of sp³-hybridized carbons (Fsp3) is 0.500. The van der Waals surface area contributed by atoms with Crippen molar-refractivity contribution in [3.05, 3.63) is 65.5 Å². The number of carbonyl (C=O) groups is 2. The molecule has 1 N–H and O–H groups in total. The molecule has 5 rings (SSSR count). The Morgan fingerprint density at radius 3 is 2.77 bits per heavy atom. The third kappa shape index (κ3) is 5.13. The van der Waals surface area contributed by atoms with Crippen LogP contribution in [0.3, 0.4) is 0 Å². The molecule has 3 atom stereocenters. The molecule has 9 heteroatoms. The average molecular weight is 478 g/mol. The summed E-state index contributed by atoms with van der Waals surface area (Å²) in [7, 11) is 0. The molecule has 2 fully saturated rings. The molecular weight excluding hydrogens is 446 g/mol. The number of aromatic nitrogens is 3. The van der Waals surface area contributed by atoms with Gasteiger partial charge in [0.25, 0.3) is 5.91 Å². The van der Waals surface area contributed by atoms with Gasteiger partial charge in [-0.1, -0.05) is 48.3 Å². The minimum atomic E-state index is -0.352. The van der Waals surface area contributed by atoms with E-state index in [1.54, 1.807) is 6.92 Å². The molecule has 2 aliphatic rings. The van der Waals surface area contributed by atoms with Gasteiger partial charge in [0.2, 0.25) is 17.6 Å². The summed E-state index contributed by atoms with van der Waals surface area (Å²) in [6.45, 7) is 2.99. The predicted molar refractivity (Wildman–Crippen MR) is 127 cm³/mol. The van der Waals surface area contributed by atoms with E-state index < -0.39 is 0 Å². The SMILES string of the molecule is Cc1ncoc1C(=O)N1CCCCCCNC(=O)[C@@H]2C[C@@H](c3nc(Cc4ccccc4)no3)C[C@@H]21. The fourth-order valence-corrected chi connectivity index (χ4v) is 5.29. The van der Waals surface area contributed by atoms with Crippen molar-refractivity contribution < 1.29 is 18.5 Å². The van der Waals surface area contributed by atoms with Crippen LogP contribution in [0.5, 0.6) is 0 Å². The van der Waals surface area contributed by atoms with Crippen LogP contribution in [-0.2, 0) is 11.2 Å². The molecule has 35 heavy (non-hydrogen) atoms. The Morgan fingerprint density at radius 2 is 1.97 bits per heavy atom. The zero-order valence-electron chi connectivity index (χ0n) is 20.0. The first kappa shape index (κ1) is 23.3. The molecule has 9 nitrogen and oxygen atoms in total. The van der Waals surface area contributed by atoms with Crippen LogP contribution in [0.1, 0.15) is 78.0 Å². The zero-order chi connectivity index (χ0) is 24.2. The lowest BCUT2D eigenvalue weighted by molar-refractivity contribution is -0.126. The Balaban J connectivity index is 1.40. The molecule has 184 valence electrons. The molecule has 0 unspecified atom stereocenters. The van der Waals surface area contributed by atoms with Crippen molar-refractivity contribution in [3.63, 3.8) is 0 Å². The quantitative estimate of drug-likeness (QED) is 0.610. The van der Waals surface area contributed by atoms with Crippen molar-refractivity contribution in [1.29, 1.82) is 0 Å². The van der Waals surface area contributed by atoms with Crippen LogP contribution in [0.25, 0.3) is 0 Å². The van der Waals surface area contributed by atoms with Crippen LogP contribution in [0.2, 0.25) is 0 Å². The van der Waals surface area contributed by atoms with E-state index in [0.29, 0.717) is 49.8 Å². The highest BCUT2D eigenvalue weighted by Crippen LogP contribution is 2.41. The van der Waals surface area contributed by atoms with Gasteiger partial charge in [-0.2, -0.15) is 4.98 Å². The molecule has 0 radical (unpaired) electrons. The Morgan fingerprint density at radius 1 is 1.14 bits per heavy atom. The summed E-state index contributed by atoms with van der Waals surface area (Å²) < 4.78 is 11.1. The number of rotatable bonds is 4. The summed E-state index contributed by atoms with van der Waals surface area (Å²) in [6, 6.07) is 9.72. The molecule has 3 aromatic rings.